The number of hydrogen-bond donors (Lipinski definition) is 0. The molecule has 2 aromatic rings. The van der Waals surface area contributed by atoms with Crippen molar-refractivity contribution in [1.82, 2.24) is 9.97 Å². The second-order valence-electron chi connectivity index (χ2n) is 4.76. The molecule has 2 aromatic heterocycles. The molecule has 3 rings (SSSR count). The van der Waals surface area contributed by atoms with E-state index in [9.17, 15) is 10.1 Å². The largest absolute Gasteiger partial charge is 0.367 e. The predicted molar refractivity (Wildman–Crippen MR) is 78.6 cm³/mol. The Kier molecular flexibility index (Phi) is 3.80. The first-order valence-electron chi connectivity index (χ1n) is 6.52. The molecular weight excluding hydrogens is 292 g/mol. The SMILES string of the molecule is Cc1cc(N2CCOC(c3nccs3)C2)ncc1[N+](=O)[O-]. The molecule has 1 aliphatic heterocycles. The zero-order valence-corrected chi connectivity index (χ0v) is 12.2. The highest BCUT2D eigenvalue weighted by Crippen LogP contribution is 2.28. The maximum atomic E-state index is 10.8. The Labute approximate surface area is 125 Å². The minimum atomic E-state index is -0.413. The monoisotopic (exact) mass is 306 g/mol. The van der Waals surface area contributed by atoms with Crippen LogP contribution in [0.5, 0.6) is 0 Å². The molecule has 8 heteroatoms. The third-order valence-corrected chi connectivity index (χ3v) is 4.25. The van der Waals surface area contributed by atoms with E-state index in [1.54, 1.807) is 30.5 Å². The zero-order chi connectivity index (χ0) is 14.8. The summed E-state index contributed by atoms with van der Waals surface area (Å²) in [5, 5.41) is 13.7. The van der Waals surface area contributed by atoms with Gasteiger partial charge in [-0.3, -0.25) is 10.1 Å². The highest BCUT2D eigenvalue weighted by Gasteiger charge is 2.25. The van der Waals surface area contributed by atoms with Crippen LogP contribution in [-0.4, -0.2) is 34.6 Å². The van der Waals surface area contributed by atoms with Crippen molar-refractivity contribution in [3.05, 3.63) is 44.5 Å². The summed E-state index contributed by atoms with van der Waals surface area (Å²) in [7, 11) is 0. The van der Waals surface area contributed by atoms with Crippen LogP contribution in [0.1, 0.15) is 16.7 Å². The fourth-order valence-electron chi connectivity index (χ4n) is 2.30. The molecule has 1 aliphatic rings. The van der Waals surface area contributed by atoms with E-state index in [2.05, 4.69) is 14.9 Å². The van der Waals surface area contributed by atoms with Crippen molar-refractivity contribution in [1.29, 1.82) is 0 Å². The van der Waals surface area contributed by atoms with Gasteiger partial charge < -0.3 is 9.64 Å². The summed E-state index contributed by atoms with van der Waals surface area (Å²) in [5.74, 6) is 0.739. The van der Waals surface area contributed by atoms with Crippen LogP contribution >= 0.6 is 11.3 Å². The number of aryl methyl sites for hydroxylation is 1. The van der Waals surface area contributed by atoms with Crippen LogP contribution in [0, 0.1) is 17.0 Å². The van der Waals surface area contributed by atoms with Gasteiger partial charge in [0.05, 0.1) is 18.1 Å². The van der Waals surface area contributed by atoms with Crippen molar-refractivity contribution < 1.29 is 9.66 Å². The van der Waals surface area contributed by atoms with Gasteiger partial charge in [0.15, 0.2) is 0 Å². The number of nitrogens with zero attached hydrogens (tertiary/aromatic N) is 4. The Morgan fingerprint density at radius 3 is 3.05 bits per heavy atom. The molecular formula is C13H14N4O3S. The Bertz CT molecular complexity index is 647. The van der Waals surface area contributed by atoms with E-state index < -0.39 is 4.92 Å². The second kappa shape index (κ2) is 5.74. The number of aromatic nitrogens is 2. The average molecular weight is 306 g/mol. The van der Waals surface area contributed by atoms with Crippen LogP contribution in [0.4, 0.5) is 11.5 Å². The molecule has 0 aliphatic carbocycles. The molecule has 3 heterocycles. The van der Waals surface area contributed by atoms with Gasteiger partial charge in [-0.05, 0) is 13.0 Å². The second-order valence-corrected chi connectivity index (χ2v) is 5.69. The van der Waals surface area contributed by atoms with Gasteiger partial charge in [0.1, 0.15) is 23.1 Å². The van der Waals surface area contributed by atoms with Crippen molar-refractivity contribution in [2.45, 2.75) is 13.0 Å². The van der Waals surface area contributed by atoms with Crippen LogP contribution in [0.15, 0.2) is 23.8 Å². The summed E-state index contributed by atoms with van der Waals surface area (Å²) < 4.78 is 5.74. The molecule has 7 nitrogen and oxygen atoms in total. The number of rotatable bonds is 3. The molecule has 1 fully saturated rings. The van der Waals surface area contributed by atoms with E-state index in [0.29, 0.717) is 25.3 Å². The molecule has 1 atom stereocenters. The maximum Gasteiger partial charge on any atom is 0.290 e. The van der Waals surface area contributed by atoms with Crippen LogP contribution in [0.2, 0.25) is 0 Å². The zero-order valence-electron chi connectivity index (χ0n) is 11.4. The predicted octanol–water partition coefficient (Wildman–Crippen LogP) is 2.33. The highest BCUT2D eigenvalue weighted by atomic mass is 32.1. The van der Waals surface area contributed by atoms with Gasteiger partial charge in [-0.25, -0.2) is 9.97 Å². The number of anilines is 1. The molecule has 1 unspecified atom stereocenters. The number of hydrogen-bond acceptors (Lipinski definition) is 7. The first kappa shape index (κ1) is 13.9. The molecule has 0 radical (unpaired) electrons. The number of morpholine rings is 1. The van der Waals surface area contributed by atoms with Crippen molar-refractivity contribution in [3.63, 3.8) is 0 Å². The van der Waals surface area contributed by atoms with E-state index in [1.165, 1.54) is 6.20 Å². The van der Waals surface area contributed by atoms with Crippen LogP contribution in [0.25, 0.3) is 0 Å². The Morgan fingerprint density at radius 1 is 1.52 bits per heavy atom. The third-order valence-electron chi connectivity index (χ3n) is 3.38. The topological polar surface area (TPSA) is 81.4 Å². The fraction of sp³-hybridized carbons (Fsp3) is 0.385. The standard InChI is InChI=1S/C13H14N4O3S/c1-9-6-12(15-7-10(9)17(18)19)16-3-4-20-11(8-16)13-14-2-5-21-13/h2,5-7,11H,3-4,8H2,1H3. The summed E-state index contributed by atoms with van der Waals surface area (Å²) in [4.78, 5) is 21.0. The average Bonchev–Trinajstić information content (AvgIpc) is 3.01. The lowest BCUT2D eigenvalue weighted by molar-refractivity contribution is -0.385. The molecule has 1 saturated heterocycles. The summed E-state index contributed by atoms with van der Waals surface area (Å²) in [5.41, 5.74) is 0.658. The van der Waals surface area contributed by atoms with Gasteiger partial charge in [-0.2, -0.15) is 0 Å². The van der Waals surface area contributed by atoms with Gasteiger partial charge in [0.2, 0.25) is 0 Å². The number of pyridine rings is 1. The summed E-state index contributed by atoms with van der Waals surface area (Å²) in [6, 6.07) is 1.75. The quantitative estimate of drug-likeness (QED) is 0.639. The van der Waals surface area contributed by atoms with Crippen molar-refractivity contribution in [2.24, 2.45) is 0 Å². The summed E-state index contributed by atoms with van der Waals surface area (Å²) in [6.45, 7) is 3.67. The molecule has 0 bridgehead atoms. The molecule has 110 valence electrons. The van der Waals surface area contributed by atoms with Gasteiger partial charge in [-0.1, -0.05) is 0 Å². The van der Waals surface area contributed by atoms with Crippen molar-refractivity contribution in [3.8, 4) is 0 Å². The number of ether oxygens (including phenoxy) is 1. The van der Waals surface area contributed by atoms with Crippen LogP contribution in [-0.2, 0) is 4.74 Å². The lowest BCUT2D eigenvalue weighted by atomic mass is 10.2. The number of nitro groups is 1. The Balaban J connectivity index is 1.80. The third kappa shape index (κ3) is 2.86. The summed E-state index contributed by atoms with van der Waals surface area (Å²) in [6.07, 6.45) is 3.01. The first-order chi connectivity index (χ1) is 10.1. The van der Waals surface area contributed by atoms with Gasteiger partial charge in [0, 0.05) is 23.7 Å². The van der Waals surface area contributed by atoms with E-state index in [-0.39, 0.29) is 11.8 Å². The fourth-order valence-corrected chi connectivity index (χ4v) is 2.98. The number of thiazole rings is 1. The highest BCUT2D eigenvalue weighted by molar-refractivity contribution is 7.09. The van der Waals surface area contributed by atoms with E-state index >= 15 is 0 Å². The normalized spacial score (nSPS) is 18.7. The molecule has 0 N–H and O–H groups in total. The van der Waals surface area contributed by atoms with E-state index in [4.69, 9.17) is 4.74 Å². The minimum Gasteiger partial charge on any atom is -0.367 e. The smallest absolute Gasteiger partial charge is 0.290 e. The molecule has 0 saturated carbocycles. The van der Waals surface area contributed by atoms with Crippen LogP contribution < -0.4 is 4.90 Å². The van der Waals surface area contributed by atoms with E-state index in [1.807, 2.05) is 5.38 Å². The van der Waals surface area contributed by atoms with Gasteiger partial charge in [-0.15, -0.1) is 11.3 Å². The van der Waals surface area contributed by atoms with Crippen LogP contribution in [0.3, 0.4) is 0 Å². The Hall–Kier alpha value is -2.06. The first-order valence-corrected chi connectivity index (χ1v) is 7.40. The van der Waals surface area contributed by atoms with Gasteiger partial charge >= 0.3 is 0 Å². The molecule has 0 amide bonds. The maximum absolute atomic E-state index is 10.8. The summed E-state index contributed by atoms with van der Waals surface area (Å²) >= 11 is 1.56. The molecule has 0 aromatic carbocycles. The van der Waals surface area contributed by atoms with E-state index in [0.717, 1.165) is 10.8 Å². The Morgan fingerprint density at radius 2 is 2.38 bits per heavy atom. The minimum absolute atomic E-state index is 0.0449. The van der Waals surface area contributed by atoms with Crippen molar-refractivity contribution >= 4 is 22.8 Å². The molecule has 21 heavy (non-hydrogen) atoms. The molecule has 0 spiro atoms. The van der Waals surface area contributed by atoms with Crippen molar-refractivity contribution in [2.75, 3.05) is 24.6 Å². The lowest BCUT2D eigenvalue weighted by Gasteiger charge is -2.32. The van der Waals surface area contributed by atoms with Gasteiger partial charge in [0.25, 0.3) is 5.69 Å². The lowest BCUT2D eigenvalue weighted by Crippen LogP contribution is -2.38.